The largest absolute Gasteiger partial charge is 0.552 e. The summed E-state index contributed by atoms with van der Waals surface area (Å²) < 4.78 is 11.6. The number of hydrogen-bond acceptors (Lipinski definition) is 9. The number of nitrogens with one attached hydrogen (secondary N) is 2. The number of rotatable bonds is 12. The summed E-state index contributed by atoms with van der Waals surface area (Å²) in [4.78, 5) is 72.7. The van der Waals surface area contributed by atoms with Gasteiger partial charge in [-0.3, -0.25) is 24.0 Å². The van der Waals surface area contributed by atoms with Crippen molar-refractivity contribution in [2.75, 3.05) is 28.2 Å². The maximum atomic E-state index is 13.6. The van der Waals surface area contributed by atoms with Crippen molar-refractivity contribution in [1.29, 1.82) is 0 Å². The van der Waals surface area contributed by atoms with E-state index in [4.69, 9.17) is 9.31 Å². The molecule has 4 amide bonds. The van der Waals surface area contributed by atoms with Crippen LogP contribution in [0.3, 0.4) is 0 Å². The lowest BCUT2D eigenvalue weighted by Crippen LogP contribution is -2.65. The minimum Gasteiger partial charge on any atom is -0.508 e. The summed E-state index contributed by atoms with van der Waals surface area (Å²) in [6.45, 7) is 5.09. The lowest BCUT2D eigenvalue weighted by atomic mass is 9.70. The highest BCUT2D eigenvalue weighted by atomic mass is 16.6. The van der Waals surface area contributed by atoms with Crippen molar-refractivity contribution in [1.82, 2.24) is 25.4 Å². The standard InChI is InChI=1S/C31H42BN5O8/c1-19(2)16-24(32-44-26(40)18-31(45-32,30(43)37(6)7)17-25(39)36(4)5)34-29(42)27(20(3)38)35-28(41)23-15-11-14-22(33-23)21-12-9-8-10-13-21/h8-15,19-20,24,27,38H,16-18H2,1-7H3,(H,34,42)(H,35,41)/t20-,24+,27+,31?/m1/s1. The second-order valence-electron chi connectivity index (χ2n) is 12.0. The quantitative estimate of drug-likeness (QED) is 0.293. The van der Waals surface area contributed by atoms with Gasteiger partial charge >= 0.3 is 7.12 Å². The van der Waals surface area contributed by atoms with Gasteiger partial charge < -0.3 is 34.8 Å². The van der Waals surface area contributed by atoms with Crippen LogP contribution in [-0.4, -0.2) is 108 Å². The average Bonchev–Trinajstić information content (AvgIpc) is 2.98. The number of aliphatic hydroxyl groups excluding tert-OH is 1. The number of aliphatic hydroxyl groups is 1. The summed E-state index contributed by atoms with van der Waals surface area (Å²) in [5.41, 5.74) is -0.474. The smallest absolute Gasteiger partial charge is 0.508 e. The van der Waals surface area contributed by atoms with E-state index in [0.717, 1.165) is 5.56 Å². The first kappa shape index (κ1) is 35.2. The molecule has 1 saturated heterocycles. The maximum Gasteiger partial charge on any atom is 0.552 e. The Labute approximate surface area is 263 Å². The van der Waals surface area contributed by atoms with Crippen molar-refractivity contribution < 1.29 is 38.4 Å². The highest BCUT2D eigenvalue weighted by Crippen LogP contribution is 2.32. The Morgan fingerprint density at radius 1 is 0.978 bits per heavy atom. The SMILES string of the molecule is CC(C)C[C@H](NC(=O)[C@@H](NC(=O)c1cccc(-c2ccccc2)n1)[C@@H](C)O)B1OC(=O)CC(CC(=O)N(C)C)(C(=O)N(C)C)O1. The summed E-state index contributed by atoms with van der Waals surface area (Å²) in [5, 5.41) is 15.8. The first-order valence-electron chi connectivity index (χ1n) is 14.7. The number of carbonyl (C=O) groups excluding carboxylic acids is 5. The number of amides is 4. The third-order valence-corrected chi connectivity index (χ3v) is 7.24. The van der Waals surface area contributed by atoms with E-state index in [2.05, 4.69) is 15.6 Å². The fraction of sp³-hybridized carbons (Fsp3) is 0.484. The molecule has 0 radical (unpaired) electrons. The van der Waals surface area contributed by atoms with Gasteiger partial charge in [-0.25, -0.2) is 4.98 Å². The monoisotopic (exact) mass is 623 g/mol. The number of nitrogens with zero attached hydrogens (tertiary/aromatic N) is 3. The van der Waals surface area contributed by atoms with Crippen molar-refractivity contribution in [2.24, 2.45) is 5.92 Å². The van der Waals surface area contributed by atoms with Crippen LogP contribution in [0, 0.1) is 5.92 Å². The Morgan fingerprint density at radius 3 is 2.22 bits per heavy atom. The van der Waals surface area contributed by atoms with Gasteiger partial charge in [-0.1, -0.05) is 50.2 Å². The Balaban J connectivity index is 1.86. The van der Waals surface area contributed by atoms with Crippen molar-refractivity contribution in [3.05, 3.63) is 54.2 Å². The predicted molar refractivity (Wildman–Crippen MR) is 166 cm³/mol. The van der Waals surface area contributed by atoms with E-state index < -0.39 is 73.2 Å². The van der Waals surface area contributed by atoms with E-state index in [1.54, 1.807) is 12.1 Å². The molecule has 2 heterocycles. The lowest BCUT2D eigenvalue weighted by molar-refractivity contribution is -0.167. The summed E-state index contributed by atoms with van der Waals surface area (Å²) in [6, 6.07) is 12.7. The molecule has 14 heteroatoms. The Bertz CT molecular complexity index is 1390. The normalized spacial score (nSPS) is 18.3. The molecule has 3 N–H and O–H groups in total. The van der Waals surface area contributed by atoms with Gasteiger partial charge in [-0.2, -0.15) is 0 Å². The highest BCUT2D eigenvalue weighted by molar-refractivity contribution is 6.50. The van der Waals surface area contributed by atoms with Gasteiger partial charge in [0.05, 0.1) is 30.6 Å². The van der Waals surface area contributed by atoms with Gasteiger partial charge in [0.25, 0.3) is 17.8 Å². The molecule has 1 aromatic heterocycles. The van der Waals surface area contributed by atoms with Crippen LogP contribution in [0.4, 0.5) is 0 Å². The van der Waals surface area contributed by atoms with Gasteiger partial charge in [0, 0.05) is 33.8 Å². The van der Waals surface area contributed by atoms with E-state index >= 15 is 0 Å². The third kappa shape index (κ3) is 9.11. The zero-order valence-corrected chi connectivity index (χ0v) is 26.8. The molecular weight excluding hydrogens is 581 g/mol. The van der Waals surface area contributed by atoms with Crippen LogP contribution >= 0.6 is 0 Å². The van der Waals surface area contributed by atoms with Crippen LogP contribution in [0.2, 0.25) is 0 Å². The zero-order chi connectivity index (χ0) is 33.5. The molecule has 1 unspecified atom stereocenters. The van der Waals surface area contributed by atoms with Crippen molar-refractivity contribution in [3.8, 4) is 11.3 Å². The van der Waals surface area contributed by atoms with Crippen LogP contribution in [0.15, 0.2) is 48.5 Å². The molecule has 1 fully saturated rings. The molecule has 242 valence electrons. The molecule has 2 aromatic rings. The van der Waals surface area contributed by atoms with Gasteiger partial charge in [0.2, 0.25) is 11.8 Å². The number of carbonyl (C=O) groups is 5. The summed E-state index contributed by atoms with van der Waals surface area (Å²) in [6.07, 6.45) is -2.01. The van der Waals surface area contributed by atoms with Crippen molar-refractivity contribution in [3.63, 3.8) is 0 Å². The van der Waals surface area contributed by atoms with Crippen LogP contribution < -0.4 is 10.6 Å². The zero-order valence-electron chi connectivity index (χ0n) is 26.8. The topological polar surface area (TPSA) is 167 Å². The molecule has 0 spiro atoms. The first-order chi connectivity index (χ1) is 21.1. The van der Waals surface area contributed by atoms with Crippen molar-refractivity contribution >= 4 is 36.7 Å². The molecule has 3 rings (SSSR count). The second-order valence-corrected chi connectivity index (χ2v) is 12.0. The maximum absolute atomic E-state index is 13.6. The van der Waals surface area contributed by atoms with Crippen LogP contribution in [0.25, 0.3) is 11.3 Å². The number of likely N-dealkylation sites (N-methyl/N-ethyl adjacent to an activating group) is 1. The Morgan fingerprint density at radius 2 is 1.64 bits per heavy atom. The van der Waals surface area contributed by atoms with Crippen LogP contribution in [-0.2, 0) is 28.5 Å². The van der Waals surface area contributed by atoms with E-state index in [1.807, 2.05) is 44.2 Å². The fourth-order valence-electron chi connectivity index (χ4n) is 4.94. The first-order valence-corrected chi connectivity index (χ1v) is 14.7. The molecular formula is C31H42BN5O8. The van der Waals surface area contributed by atoms with E-state index in [9.17, 15) is 29.1 Å². The van der Waals surface area contributed by atoms with Crippen LogP contribution in [0.1, 0.15) is 50.5 Å². The van der Waals surface area contributed by atoms with Crippen LogP contribution in [0.5, 0.6) is 0 Å². The van der Waals surface area contributed by atoms with Crippen molar-refractivity contribution in [2.45, 2.75) is 63.7 Å². The van der Waals surface area contributed by atoms with Gasteiger partial charge in [0.1, 0.15) is 11.7 Å². The molecule has 1 aromatic carbocycles. The Hall–Kier alpha value is -4.30. The molecule has 1 aliphatic heterocycles. The molecule has 0 bridgehead atoms. The third-order valence-electron chi connectivity index (χ3n) is 7.24. The summed E-state index contributed by atoms with van der Waals surface area (Å²) in [7, 11) is 4.57. The average molecular weight is 624 g/mol. The number of pyridine rings is 1. The summed E-state index contributed by atoms with van der Waals surface area (Å²) >= 11 is 0. The van der Waals surface area contributed by atoms with Gasteiger partial charge in [0.15, 0.2) is 5.60 Å². The fourth-order valence-corrected chi connectivity index (χ4v) is 4.94. The number of hydrogen-bond donors (Lipinski definition) is 3. The minimum absolute atomic E-state index is 0.0376. The molecule has 13 nitrogen and oxygen atoms in total. The molecule has 1 aliphatic rings. The van der Waals surface area contributed by atoms with E-state index in [-0.39, 0.29) is 18.0 Å². The van der Waals surface area contributed by atoms with Gasteiger partial charge in [-0.15, -0.1) is 0 Å². The highest BCUT2D eigenvalue weighted by Gasteiger charge is 2.55. The molecule has 0 saturated carbocycles. The number of benzene rings is 1. The van der Waals surface area contributed by atoms with E-state index in [1.165, 1.54) is 51.0 Å². The molecule has 4 atom stereocenters. The summed E-state index contributed by atoms with van der Waals surface area (Å²) in [5.74, 6) is -4.33. The lowest BCUT2D eigenvalue weighted by Gasteiger charge is -2.41. The minimum atomic E-state index is -1.86. The van der Waals surface area contributed by atoms with Gasteiger partial charge in [-0.05, 0) is 31.4 Å². The Kier molecular flexibility index (Phi) is 11.8. The molecule has 45 heavy (non-hydrogen) atoms. The molecule has 0 aliphatic carbocycles. The second kappa shape index (κ2) is 15.1. The van der Waals surface area contributed by atoms with E-state index in [0.29, 0.717) is 5.69 Å². The predicted octanol–water partition coefficient (Wildman–Crippen LogP) is 1.05. The number of aromatic nitrogens is 1.